The van der Waals surface area contributed by atoms with Crippen molar-refractivity contribution in [3.63, 3.8) is 0 Å². The fourth-order valence-electron chi connectivity index (χ4n) is 4.47. The molecule has 0 saturated carbocycles. The van der Waals surface area contributed by atoms with Gasteiger partial charge in [-0.3, -0.25) is 9.59 Å². The molecular formula is C29H37NO8. The first-order chi connectivity index (χ1) is 18.2. The summed E-state index contributed by atoms with van der Waals surface area (Å²) in [6, 6.07) is 7.68. The van der Waals surface area contributed by atoms with Crippen LogP contribution in [0.3, 0.4) is 0 Å². The van der Waals surface area contributed by atoms with Gasteiger partial charge in [-0.05, 0) is 60.7 Å². The standard InChI is InChI=1S/C29H37NO8/c1-17(2)16-38-21-10-9-19(13-18(21)3)26(31)24-25(30(11-8-12-34-4)29(33)27(24)32)20-14-22(35-5)28(37-7)23(15-20)36-6/h9-10,13-15,17,25,31H,8,11-12,16H2,1-7H3/b26-24+. The molecule has 0 spiro atoms. The van der Waals surface area contributed by atoms with Crippen molar-refractivity contribution in [3.05, 3.63) is 52.6 Å². The summed E-state index contributed by atoms with van der Waals surface area (Å²) >= 11 is 0. The van der Waals surface area contributed by atoms with Gasteiger partial charge in [0.15, 0.2) is 11.5 Å². The van der Waals surface area contributed by atoms with Crippen molar-refractivity contribution in [2.24, 2.45) is 5.92 Å². The lowest BCUT2D eigenvalue weighted by molar-refractivity contribution is -0.140. The summed E-state index contributed by atoms with van der Waals surface area (Å²) in [7, 11) is 6.04. The zero-order valence-electron chi connectivity index (χ0n) is 23.1. The van der Waals surface area contributed by atoms with Crippen molar-refractivity contribution in [3.8, 4) is 23.0 Å². The Bertz CT molecular complexity index is 1180. The number of likely N-dealkylation sites (tertiary alicyclic amines) is 1. The van der Waals surface area contributed by atoms with Gasteiger partial charge in [0.05, 0.1) is 39.6 Å². The van der Waals surface area contributed by atoms with Crippen LogP contribution in [0.2, 0.25) is 0 Å². The summed E-state index contributed by atoms with van der Waals surface area (Å²) < 4.78 is 27.5. The summed E-state index contributed by atoms with van der Waals surface area (Å²) in [5.41, 5.74) is 1.73. The molecule has 2 aromatic carbocycles. The highest BCUT2D eigenvalue weighted by molar-refractivity contribution is 6.46. The Morgan fingerprint density at radius 2 is 1.63 bits per heavy atom. The quantitative estimate of drug-likeness (QED) is 0.186. The number of benzene rings is 2. The van der Waals surface area contributed by atoms with Crippen LogP contribution >= 0.6 is 0 Å². The number of hydrogen-bond acceptors (Lipinski definition) is 8. The van der Waals surface area contributed by atoms with E-state index in [1.165, 1.54) is 26.2 Å². The van der Waals surface area contributed by atoms with Crippen LogP contribution in [0.1, 0.15) is 43.0 Å². The minimum absolute atomic E-state index is 0.0167. The Morgan fingerprint density at radius 1 is 0.974 bits per heavy atom. The number of aliphatic hydroxyl groups is 1. The topological polar surface area (TPSA) is 104 Å². The highest BCUT2D eigenvalue weighted by Crippen LogP contribution is 2.46. The van der Waals surface area contributed by atoms with E-state index in [0.717, 1.165) is 5.56 Å². The van der Waals surface area contributed by atoms with Crippen LogP contribution in [0.25, 0.3) is 5.76 Å². The Balaban J connectivity index is 2.17. The van der Waals surface area contributed by atoms with Crippen LogP contribution in [0.5, 0.6) is 23.0 Å². The van der Waals surface area contributed by atoms with Crippen molar-refractivity contribution in [2.75, 3.05) is 48.2 Å². The summed E-state index contributed by atoms with van der Waals surface area (Å²) in [5, 5.41) is 11.4. The second-order valence-electron chi connectivity index (χ2n) is 9.48. The van der Waals surface area contributed by atoms with E-state index < -0.39 is 17.7 Å². The zero-order chi connectivity index (χ0) is 28.0. The molecule has 1 saturated heterocycles. The molecule has 1 aliphatic heterocycles. The van der Waals surface area contributed by atoms with Gasteiger partial charge in [0, 0.05) is 25.8 Å². The lowest BCUT2D eigenvalue weighted by Crippen LogP contribution is -2.31. The van der Waals surface area contributed by atoms with Gasteiger partial charge in [-0.1, -0.05) is 13.8 Å². The normalized spacial score (nSPS) is 16.7. The molecule has 1 fully saturated rings. The third kappa shape index (κ3) is 5.88. The molecule has 9 heteroatoms. The first-order valence-corrected chi connectivity index (χ1v) is 12.5. The van der Waals surface area contributed by atoms with Crippen molar-refractivity contribution >= 4 is 17.4 Å². The molecule has 3 rings (SSSR count). The number of ether oxygens (including phenoxy) is 5. The van der Waals surface area contributed by atoms with Gasteiger partial charge in [-0.25, -0.2) is 0 Å². The molecule has 38 heavy (non-hydrogen) atoms. The number of ketones is 1. The second kappa shape index (κ2) is 12.7. The lowest BCUT2D eigenvalue weighted by Gasteiger charge is -2.26. The van der Waals surface area contributed by atoms with Crippen LogP contribution in [0.4, 0.5) is 0 Å². The summed E-state index contributed by atoms with van der Waals surface area (Å²) in [6.45, 7) is 7.20. The van der Waals surface area contributed by atoms with Crippen LogP contribution in [0, 0.1) is 12.8 Å². The van der Waals surface area contributed by atoms with E-state index >= 15 is 0 Å². The molecular weight excluding hydrogens is 490 g/mol. The predicted molar refractivity (Wildman–Crippen MR) is 143 cm³/mol. The number of hydrogen-bond donors (Lipinski definition) is 1. The number of nitrogens with zero attached hydrogens (tertiary/aromatic N) is 1. The predicted octanol–water partition coefficient (Wildman–Crippen LogP) is 4.51. The maximum Gasteiger partial charge on any atom is 0.295 e. The number of carbonyl (C=O) groups excluding carboxylic acids is 2. The molecule has 206 valence electrons. The summed E-state index contributed by atoms with van der Waals surface area (Å²) in [4.78, 5) is 28.0. The van der Waals surface area contributed by atoms with E-state index in [1.807, 2.05) is 6.92 Å². The number of rotatable bonds is 12. The number of Topliss-reactive ketones (excluding diaryl/α,β-unsaturated/α-hetero) is 1. The fraction of sp³-hybridized carbons (Fsp3) is 0.448. The van der Waals surface area contributed by atoms with Gasteiger partial charge in [0.1, 0.15) is 11.5 Å². The Labute approximate surface area is 223 Å². The third-order valence-corrected chi connectivity index (χ3v) is 6.31. The molecule has 1 aliphatic rings. The monoisotopic (exact) mass is 527 g/mol. The Kier molecular flexibility index (Phi) is 9.63. The van der Waals surface area contributed by atoms with Crippen molar-refractivity contribution in [2.45, 2.75) is 33.2 Å². The van der Waals surface area contributed by atoms with Gasteiger partial charge in [-0.2, -0.15) is 0 Å². The van der Waals surface area contributed by atoms with Crippen LogP contribution < -0.4 is 18.9 Å². The molecule has 1 N–H and O–H groups in total. The number of aliphatic hydroxyl groups excluding tert-OH is 1. The van der Waals surface area contributed by atoms with E-state index in [1.54, 1.807) is 37.4 Å². The molecule has 0 aromatic heterocycles. The smallest absolute Gasteiger partial charge is 0.295 e. The van der Waals surface area contributed by atoms with E-state index in [4.69, 9.17) is 23.7 Å². The summed E-state index contributed by atoms with van der Waals surface area (Å²) in [6.07, 6.45) is 0.505. The third-order valence-electron chi connectivity index (χ3n) is 6.31. The maximum absolute atomic E-state index is 13.4. The number of amides is 1. The van der Waals surface area contributed by atoms with Gasteiger partial charge in [0.2, 0.25) is 5.75 Å². The van der Waals surface area contributed by atoms with Gasteiger partial charge in [-0.15, -0.1) is 0 Å². The van der Waals surface area contributed by atoms with Crippen molar-refractivity contribution < 1.29 is 38.4 Å². The highest BCUT2D eigenvalue weighted by Gasteiger charge is 2.46. The molecule has 1 heterocycles. The fourth-order valence-corrected chi connectivity index (χ4v) is 4.47. The molecule has 1 amide bonds. The van der Waals surface area contributed by atoms with Crippen LogP contribution in [0.15, 0.2) is 35.9 Å². The van der Waals surface area contributed by atoms with Gasteiger partial charge >= 0.3 is 0 Å². The number of aryl methyl sites for hydroxylation is 1. The first kappa shape index (κ1) is 28.8. The Morgan fingerprint density at radius 3 is 2.16 bits per heavy atom. The minimum atomic E-state index is -0.877. The van der Waals surface area contributed by atoms with E-state index in [9.17, 15) is 14.7 Å². The molecule has 0 radical (unpaired) electrons. The van der Waals surface area contributed by atoms with E-state index in [-0.39, 0.29) is 17.9 Å². The van der Waals surface area contributed by atoms with Gasteiger partial charge < -0.3 is 33.7 Å². The number of methoxy groups -OCH3 is 4. The zero-order valence-corrected chi connectivity index (χ0v) is 23.1. The molecule has 1 atom stereocenters. The second-order valence-corrected chi connectivity index (χ2v) is 9.48. The van der Waals surface area contributed by atoms with E-state index in [0.29, 0.717) is 59.7 Å². The highest BCUT2D eigenvalue weighted by atomic mass is 16.5. The summed E-state index contributed by atoms with van der Waals surface area (Å²) in [5.74, 6) is 0.425. The number of carbonyl (C=O) groups is 2. The first-order valence-electron chi connectivity index (χ1n) is 12.5. The minimum Gasteiger partial charge on any atom is -0.507 e. The van der Waals surface area contributed by atoms with Gasteiger partial charge in [0.25, 0.3) is 11.7 Å². The SMILES string of the molecule is COCCCN1C(=O)C(=O)/C(=C(/O)c2ccc(OCC(C)C)c(C)c2)C1c1cc(OC)c(OC)c(OC)c1. The molecule has 9 nitrogen and oxygen atoms in total. The maximum atomic E-state index is 13.4. The molecule has 2 aromatic rings. The van der Waals surface area contributed by atoms with E-state index in [2.05, 4.69) is 13.8 Å². The lowest BCUT2D eigenvalue weighted by atomic mass is 9.94. The van der Waals surface area contributed by atoms with Crippen LogP contribution in [-0.4, -0.2) is 69.9 Å². The molecule has 0 aliphatic carbocycles. The average molecular weight is 528 g/mol. The van der Waals surface area contributed by atoms with Crippen molar-refractivity contribution in [1.29, 1.82) is 0 Å². The largest absolute Gasteiger partial charge is 0.507 e. The molecule has 1 unspecified atom stereocenters. The Hall–Kier alpha value is -3.72. The molecule has 0 bridgehead atoms. The average Bonchev–Trinajstić information content (AvgIpc) is 3.16. The van der Waals surface area contributed by atoms with Crippen LogP contribution in [-0.2, 0) is 14.3 Å². The van der Waals surface area contributed by atoms with Crippen molar-refractivity contribution in [1.82, 2.24) is 4.90 Å².